The molecule has 1 N–H and O–H groups in total. The van der Waals surface area contributed by atoms with Crippen molar-refractivity contribution in [2.75, 3.05) is 14.1 Å². The average Bonchev–Trinajstić information content (AvgIpc) is 2.82. The monoisotopic (exact) mass is 479 g/mol. The van der Waals surface area contributed by atoms with Crippen LogP contribution in [0.2, 0.25) is 5.02 Å². The number of thiophene rings is 1. The van der Waals surface area contributed by atoms with Crippen molar-refractivity contribution in [1.82, 2.24) is 9.62 Å². The predicted molar refractivity (Wildman–Crippen MR) is 112 cm³/mol. The Bertz CT molecular complexity index is 778. The van der Waals surface area contributed by atoms with Gasteiger partial charge in [-0.25, -0.2) is 8.93 Å². The van der Waals surface area contributed by atoms with Crippen molar-refractivity contribution in [2.45, 2.75) is 44.4 Å². The Morgan fingerprint density at radius 1 is 1.46 bits per heavy atom. The Balaban J connectivity index is 3.33. The summed E-state index contributed by atoms with van der Waals surface area (Å²) in [6.45, 7) is 7.31. The summed E-state index contributed by atoms with van der Waals surface area (Å²) in [5, 5.41) is 9.78. The van der Waals surface area contributed by atoms with Gasteiger partial charge >= 0.3 is 0 Å². The van der Waals surface area contributed by atoms with E-state index >= 15 is 0 Å². The number of nitrogens with zero attached hydrogens (tertiary/aromatic N) is 2. The molecule has 1 aromatic heterocycles. The molecule has 0 radical (unpaired) electrons. The molecule has 26 heavy (non-hydrogen) atoms. The molecular formula is C17H23BrClN3O2S2. The summed E-state index contributed by atoms with van der Waals surface area (Å²) in [6, 6.07) is 3.68. The first-order valence-corrected chi connectivity index (χ1v) is 10.9. The lowest BCUT2D eigenvalue weighted by Crippen LogP contribution is -2.47. The lowest BCUT2D eigenvalue weighted by molar-refractivity contribution is -0.116. The molecule has 1 heterocycles. The summed E-state index contributed by atoms with van der Waals surface area (Å²) in [4.78, 5) is 15.1. The quantitative estimate of drug-likeness (QED) is 0.465. The van der Waals surface area contributed by atoms with Crippen LogP contribution in [0, 0.1) is 11.3 Å². The number of nitrogens with one attached hydrogen (secondary N) is 1. The van der Waals surface area contributed by atoms with E-state index in [4.69, 9.17) is 11.6 Å². The summed E-state index contributed by atoms with van der Waals surface area (Å²) < 4.78 is 16.1. The number of carbonyl (C=O) groups is 1. The zero-order valence-electron chi connectivity index (χ0n) is 15.6. The van der Waals surface area contributed by atoms with Crippen LogP contribution < -0.4 is 4.72 Å². The molecule has 0 saturated heterocycles. The second-order valence-corrected chi connectivity index (χ2v) is 12.1. The molecule has 9 heteroatoms. The summed E-state index contributed by atoms with van der Waals surface area (Å²) in [7, 11) is 2.05. The fourth-order valence-electron chi connectivity index (χ4n) is 2.08. The second-order valence-electron chi connectivity index (χ2n) is 7.26. The molecule has 0 bridgehead atoms. The highest BCUT2D eigenvalue weighted by Crippen LogP contribution is 2.41. The van der Waals surface area contributed by atoms with Gasteiger partial charge in [-0.3, -0.25) is 4.79 Å². The van der Waals surface area contributed by atoms with Crippen LogP contribution in [0.1, 0.15) is 39.0 Å². The maximum absolute atomic E-state index is 12.7. The number of rotatable bonds is 7. The SMILES string of the molecule is CN(C)/C=C(\C#N)C(=O)CC(C)(NS(=O)C(C)(C)C)c1sc(Br)cc1Cl. The number of allylic oxidation sites excluding steroid dienone is 1. The third kappa shape index (κ3) is 6.17. The number of hydrogen-bond acceptors (Lipinski definition) is 5. The Morgan fingerprint density at radius 2 is 2.04 bits per heavy atom. The highest BCUT2D eigenvalue weighted by atomic mass is 79.9. The summed E-state index contributed by atoms with van der Waals surface area (Å²) in [6.07, 6.45) is 1.43. The van der Waals surface area contributed by atoms with Gasteiger partial charge < -0.3 is 4.90 Å². The smallest absolute Gasteiger partial charge is 0.177 e. The molecule has 2 atom stereocenters. The van der Waals surface area contributed by atoms with Crippen molar-refractivity contribution in [3.63, 3.8) is 0 Å². The van der Waals surface area contributed by atoms with Crippen LogP contribution in [-0.4, -0.2) is 33.7 Å². The lowest BCUT2D eigenvalue weighted by atomic mass is 9.92. The second kappa shape index (κ2) is 8.98. The van der Waals surface area contributed by atoms with Gasteiger partial charge in [0.25, 0.3) is 0 Å². The van der Waals surface area contributed by atoms with Crippen LogP contribution in [0.25, 0.3) is 0 Å². The largest absolute Gasteiger partial charge is 0.382 e. The Kier molecular flexibility index (Phi) is 8.05. The zero-order valence-corrected chi connectivity index (χ0v) is 19.6. The predicted octanol–water partition coefficient (Wildman–Crippen LogP) is 4.36. The van der Waals surface area contributed by atoms with Crippen molar-refractivity contribution in [1.29, 1.82) is 5.26 Å². The molecule has 1 rings (SSSR count). The summed E-state index contributed by atoms with van der Waals surface area (Å²) >= 11 is 11.1. The van der Waals surface area contributed by atoms with E-state index in [2.05, 4.69) is 20.7 Å². The van der Waals surface area contributed by atoms with Crippen molar-refractivity contribution in [3.8, 4) is 6.07 Å². The average molecular weight is 481 g/mol. The fourth-order valence-corrected chi connectivity index (χ4v) is 5.25. The van der Waals surface area contributed by atoms with Crippen LogP contribution in [0.5, 0.6) is 0 Å². The number of hydrogen-bond donors (Lipinski definition) is 1. The van der Waals surface area contributed by atoms with Crippen LogP contribution in [-0.2, 0) is 21.3 Å². The highest BCUT2D eigenvalue weighted by Gasteiger charge is 2.38. The van der Waals surface area contributed by atoms with E-state index in [9.17, 15) is 14.3 Å². The first-order chi connectivity index (χ1) is 11.8. The Labute approximate surface area is 175 Å². The van der Waals surface area contributed by atoms with Gasteiger partial charge in [-0.05, 0) is 49.7 Å². The standard InChI is InChI=1S/C17H23BrClN3O2S2/c1-16(2,3)26(24)21-17(4,15-12(19)7-14(18)25-15)8-13(23)11(9-20)10-22(5)6/h7,10,21H,8H2,1-6H3/b11-10+. The topological polar surface area (TPSA) is 73.2 Å². The maximum Gasteiger partial charge on any atom is 0.177 e. The van der Waals surface area contributed by atoms with Crippen LogP contribution >= 0.6 is 38.9 Å². The third-order valence-corrected chi connectivity index (χ3v) is 7.41. The van der Waals surface area contributed by atoms with E-state index in [1.165, 1.54) is 17.5 Å². The Hall–Kier alpha value is -0.720. The van der Waals surface area contributed by atoms with Crippen LogP contribution in [0.4, 0.5) is 0 Å². The van der Waals surface area contributed by atoms with Gasteiger partial charge in [0.1, 0.15) is 11.6 Å². The molecule has 0 amide bonds. The molecule has 0 aromatic carbocycles. The van der Waals surface area contributed by atoms with E-state index in [-0.39, 0.29) is 17.8 Å². The van der Waals surface area contributed by atoms with Gasteiger partial charge in [0.2, 0.25) is 0 Å². The van der Waals surface area contributed by atoms with E-state index in [1.54, 1.807) is 32.0 Å². The van der Waals surface area contributed by atoms with E-state index < -0.39 is 21.3 Å². The van der Waals surface area contributed by atoms with E-state index in [0.29, 0.717) is 9.90 Å². The number of Topliss-reactive ketones (excluding diaryl/α,β-unsaturated/α-hetero) is 1. The van der Waals surface area contributed by atoms with Crippen molar-refractivity contribution < 1.29 is 9.00 Å². The van der Waals surface area contributed by atoms with Gasteiger partial charge in [-0.1, -0.05) is 11.6 Å². The molecule has 0 saturated carbocycles. The molecule has 0 spiro atoms. The maximum atomic E-state index is 12.7. The summed E-state index contributed by atoms with van der Waals surface area (Å²) in [5.41, 5.74) is -0.943. The number of carbonyl (C=O) groups excluding carboxylic acids is 1. The molecule has 144 valence electrons. The highest BCUT2D eigenvalue weighted by molar-refractivity contribution is 9.11. The molecule has 1 aromatic rings. The van der Waals surface area contributed by atoms with Gasteiger partial charge in [0.05, 0.1) is 30.1 Å². The molecule has 2 unspecified atom stereocenters. The van der Waals surface area contributed by atoms with Crippen molar-refractivity contribution in [2.24, 2.45) is 0 Å². The minimum Gasteiger partial charge on any atom is -0.382 e. The van der Waals surface area contributed by atoms with Crippen LogP contribution in [0.3, 0.4) is 0 Å². The third-order valence-electron chi connectivity index (χ3n) is 3.35. The van der Waals surface area contributed by atoms with Crippen molar-refractivity contribution in [3.05, 3.63) is 31.5 Å². The summed E-state index contributed by atoms with van der Waals surface area (Å²) in [5.74, 6) is -0.345. The fraction of sp³-hybridized carbons (Fsp3) is 0.529. The Morgan fingerprint density at radius 3 is 2.42 bits per heavy atom. The van der Waals surface area contributed by atoms with Gasteiger partial charge in [0, 0.05) is 31.6 Å². The van der Waals surface area contributed by atoms with Crippen LogP contribution in [0.15, 0.2) is 21.6 Å². The number of nitriles is 1. The van der Waals surface area contributed by atoms with E-state index in [1.807, 2.05) is 26.8 Å². The first kappa shape index (κ1) is 23.3. The molecular weight excluding hydrogens is 458 g/mol. The number of halogens is 2. The minimum absolute atomic E-state index is 0.0383. The molecule has 5 nitrogen and oxygen atoms in total. The van der Waals surface area contributed by atoms with Gasteiger partial charge in [0.15, 0.2) is 5.78 Å². The molecule has 0 fully saturated rings. The van der Waals surface area contributed by atoms with E-state index in [0.717, 1.165) is 3.79 Å². The zero-order chi connectivity index (χ0) is 20.3. The van der Waals surface area contributed by atoms with Gasteiger partial charge in [-0.15, -0.1) is 11.3 Å². The molecule has 0 aliphatic heterocycles. The lowest BCUT2D eigenvalue weighted by Gasteiger charge is -2.32. The normalized spacial score (nSPS) is 15.9. The van der Waals surface area contributed by atoms with Crippen molar-refractivity contribution >= 4 is 55.6 Å². The molecule has 0 aliphatic rings. The minimum atomic E-state index is -1.43. The molecule has 0 aliphatic carbocycles. The first-order valence-electron chi connectivity index (χ1n) is 7.76. The van der Waals surface area contributed by atoms with Gasteiger partial charge in [-0.2, -0.15) is 5.26 Å². The number of ketones is 1.